The molecule has 1 atom stereocenters. The fraction of sp³-hybridized carbons (Fsp3) is 0.167. The van der Waals surface area contributed by atoms with E-state index >= 15 is 0 Å². The molecular formula is C24H15ClF6N2O3. The molecule has 0 bridgehead atoms. The lowest BCUT2D eigenvalue weighted by Crippen LogP contribution is -2.29. The van der Waals surface area contributed by atoms with Gasteiger partial charge in [-0.1, -0.05) is 29.8 Å². The van der Waals surface area contributed by atoms with Crippen molar-refractivity contribution in [2.24, 2.45) is 4.99 Å². The van der Waals surface area contributed by atoms with Crippen LogP contribution in [0.1, 0.15) is 18.0 Å². The van der Waals surface area contributed by atoms with Gasteiger partial charge in [-0.05, 0) is 60.2 Å². The van der Waals surface area contributed by atoms with Crippen LogP contribution in [0.5, 0.6) is 11.5 Å². The zero-order chi connectivity index (χ0) is 26.1. The Balaban J connectivity index is 1.67. The Kier molecular flexibility index (Phi) is 6.85. The van der Waals surface area contributed by atoms with E-state index < -0.39 is 36.2 Å². The van der Waals surface area contributed by atoms with Crippen LogP contribution in [0.15, 0.2) is 77.8 Å². The highest BCUT2D eigenvalue weighted by Gasteiger charge is 2.40. The SMILES string of the molecule is O=C1C(=Nc2ccc(OC(F)(F)F)cc2)CC(c2ccccc2Cl)N1c1ccc(OC(F)(F)F)cc1. The van der Waals surface area contributed by atoms with Gasteiger partial charge in [-0.3, -0.25) is 9.69 Å². The Labute approximate surface area is 205 Å². The van der Waals surface area contributed by atoms with Crippen molar-refractivity contribution in [2.75, 3.05) is 4.90 Å². The second-order valence-electron chi connectivity index (χ2n) is 7.56. The number of rotatable bonds is 5. The molecule has 1 unspecified atom stereocenters. The number of carbonyl (C=O) groups excluding carboxylic acids is 1. The molecule has 36 heavy (non-hydrogen) atoms. The van der Waals surface area contributed by atoms with Gasteiger partial charge in [0.15, 0.2) is 0 Å². The number of carbonyl (C=O) groups is 1. The van der Waals surface area contributed by atoms with E-state index in [0.29, 0.717) is 10.6 Å². The fourth-order valence-corrected chi connectivity index (χ4v) is 3.98. The van der Waals surface area contributed by atoms with Crippen molar-refractivity contribution in [3.05, 3.63) is 83.4 Å². The summed E-state index contributed by atoms with van der Waals surface area (Å²) in [6.07, 6.45) is -9.63. The van der Waals surface area contributed by atoms with Crippen molar-refractivity contribution in [1.29, 1.82) is 0 Å². The summed E-state index contributed by atoms with van der Waals surface area (Å²) in [6.45, 7) is 0. The van der Waals surface area contributed by atoms with Gasteiger partial charge >= 0.3 is 12.7 Å². The maximum atomic E-state index is 13.3. The van der Waals surface area contributed by atoms with Gasteiger partial charge in [0.25, 0.3) is 5.91 Å². The number of anilines is 1. The number of ether oxygens (including phenoxy) is 2. The summed E-state index contributed by atoms with van der Waals surface area (Å²) in [5.74, 6) is -1.44. The highest BCUT2D eigenvalue weighted by atomic mass is 35.5. The molecule has 1 aliphatic heterocycles. The number of alkyl halides is 6. The minimum absolute atomic E-state index is 0.0834. The van der Waals surface area contributed by atoms with Crippen molar-refractivity contribution in [3.63, 3.8) is 0 Å². The first kappa shape index (κ1) is 25.4. The zero-order valence-corrected chi connectivity index (χ0v) is 18.7. The number of benzene rings is 3. The summed E-state index contributed by atoms with van der Waals surface area (Å²) in [5, 5.41) is 0.368. The van der Waals surface area contributed by atoms with Crippen LogP contribution >= 0.6 is 11.6 Å². The van der Waals surface area contributed by atoms with Gasteiger partial charge in [0.2, 0.25) is 0 Å². The highest BCUT2D eigenvalue weighted by Crippen LogP contribution is 2.40. The third kappa shape index (κ3) is 6.09. The molecule has 0 N–H and O–H groups in total. The summed E-state index contributed by atoms with van der Waals surface area (Å²) in [4.78, 5) is 19.0. The van der Waals surface area contributed by atoms with Gasteiger partial charge in [0.05, 0.1) is 11.7 Å². The minimum atomic E-state index is -4.87. The normalized spacial score (nSPS) is 17.5. The Morgan fingerprint density at radius 3 is 1.86 bits per heavy atom. The molecule has 0 aliphatic carbocycles. The number of nitrogens with zero attached hydrogens (tertiary/aromatic N) is 2. The monoisotopic (exact) mass is 528 g/mol. The molecule has 0 saturated carbocycles. The summed E-state index contributed by atoms with van der Waals surface area (Å²) in [7, 11) is 0. The summed E-state index contributed by atoms with van der Waals surface area (Å²) >= 11 is 6.35. The van der Waals surface area contributed by atoms with Crippen LogP contribution in [-0.4, -0.2) is 24.3 Å². The molecule has 1 aliphatic rings. The molecule has 1 saturated heterocycles. The number of halogens is 7. The molecule has 4 rings (SSSR count). The van der Waals surface area contributed by atoms with Crippen molar-refractivity contribution >= 4 is 34.6 Å². The first-order chi connectivity index (χ1) is 16.9. The predicted octanol–water partition coefficient (Wildman–Crippen LogP) is 7.39. The van der Waals surface area contributed by atoms with Crippen LogP contribution < -0.4 is 14.4 Å². The molecule has 3 aromatic rings. The van der Waals surface area contributed by atoms with Crippen molar-refractivity contribution < 1.29 is 40.6 Å². The Hall–Kier alpha value is -3.73. The van der Waals surface area contributed by atoms with Gasteiger partial charge in [-0.2, -0.15) is 0 Å². The number of hydrogen-bond donors (Lipinski definition) is 0. The van der Waals surface area contributed by atoms with E-state index in [2.05, 4.69) is 14.5 Å². The molecule has 188 valence electrons. The average Bonchev–Trinajstić information content (AvgIpc) is 3.09. The molecule has 0 aromatic heterocycles. The number of aliphatic imine (C=N–C) groups is 1. The van der Waals surface area contributed by atoms with Crippen molar-refractivity contribution in [1.82, 2.24) is 0 Å². The van der Waals surface area contributed by atoms with E-state index in [4.69, 9.17) is 11.6 Å². The van der Waals surface area contributed by atoms with E-state index in [1.807, 2.05) is 0 Å². The maximum Gasteiger partial charge on any atom is 0.573 e. The Morgan fingerprint density at radius 2 is 1.33 bits per heavy atom. The molecule has 5 nitrogen and oxygen atoms in total. The Morgan fingerprint density at radius 1 is 0.806 bits per heavy atom. The van der Waals surface area contributed by atoms with E-state index in [1.54, 1.807) is 24.3 Å². The van der Waals surface area contributed by atoms with Crippen molar-refractivity contribution in [2.45, 2.75) is 25.2 Å². The summed E-state index contributed by atoms with van der Waals surface area (Å²) in [5.41, 5.74) is 1.16. The molecule has 0 spiro atoms. The van der Waals surface area contributed by atoms with Crippen LogP contribution in [0.2, 0.25) is 5.02 Å². The number of hydrogen-bond acceptors (Lipinski definition) is 4. The van der Waals surface area contributed by atoms with Gasteiger partial charge in [0, 0.05) is 17.1 Å². The van der Waals surface area contributed by atoms with Gasteiger partial charge in [0.1, 0.15) is 17.2 Å². The third-order valence-corrected chi connectivity index (χ3v) is 5.46. The van der Waals surface area contributed by atoms with Crippen LogP contribution in [0.25, 0.3) is 0 Å². The van der Waals surface area contributed by atoms with Crippen LogP contribution in [0, 0.1) is 0 Å². The maximum absolute atomic E-state index is 13.3. The van der Waals surface area contributed by atoms with Gasteiger partial charge in [-0.15, -0.1) is 26.3 Å². The summed E-state index contributed by atoms with van der Waals surface area (Å²) in [6, 6.07) is 15.5. The molecule has 1 amide bonds. The molecular weight excluding hydrogens is 514 g/mol. The standard InChI is InChI=1S/C24H15ClF6N2O3/c25-19-4-2-1-3-18(19)21-13-20(32-14-5-9-16(10-6-14)35-23(26,27)28)22(34)33(21)15-7-11-17(12-8-15)36-24(29,30)31/h1-12,21H,13H2. The molecule has 1 heterocycles. The molecule has 0 radical (unpaired) electrons. The van der Waals surface area contributed by atoms with Crippen LogP contribution in [0.3, 0.4) is 0 Å². The van der Waals surface area contributed by atoms with E-state index in [-0.39, 0.29) is 23.5 Å². The fourth-order valence-electron chi connectivity index (χ4n) is 3.71. The zero-order valence-electron chi connectivity index (χ0n) is 18.0. The summed E-state index contributed by atoms with van der Waals surface area (Å²) < 4.78 is 82.4. The lowest BCUT2D eigenvalue weighted by Gasteiger charge is -2.25. The quantitative estimate of drug-likeness (QED) is 0.324. The van der Waals surface area contributed by atoms with E-state index in [9.17, 15) is 31.1 Å². The third-order valence-electron chi connectivity index (χ3n) is 5.11. The topological polar surface area (TPSA) is 51.1 Å². The Bertz CT molecular complexity index is 1270. The van der Waals surface area contributed by atoms with Gasteiger partial charge < -0.3 is 9.47 Å². The van der Waals surface area contributed by atoms with Gasteiger partial charge in [-0.25, -0.2) is 4.99 Å². The van der Waals surface area contributed by atoms with Crippen molar-refractivity contribution in [3.8, 4) is 11.5 Å². The van der Waals surface area contributed by atoms with Crippen LogP contribution in [-0.2, 0) is 4.79 Å². The highest BCUT2D eigenvalue weighted by molar-refractivity contribution is 6.47. The first-order valence-corrected chi connectivity index (χ1v) is 10.6. The second-order valence-corrected chi connectivity index (χ2v) is 7.97. The van der Waals surface area contributed by atoms with E-state index in [1.165, 1.54) is 29.2 Å². The second kappa shape index (κ2) is 9.73. The lowest BCUT2D eigenvalue weighted by atomic mass is 10.0. The predicted molar refractivity (Wildman–Crippen MR) is 120 cm³/mol. The molecule has 1 fully saturated rings. The minimum Gasteiger partial charge on any atom is -0.406 e. The van der Waals surface area contributed by atoms with Crippen LogP contribution in [0.4, 0.5) is 37.7 Å². The largest absolute Gasteiger partial charge is 0.573 e. The molecule has 12 heteroatoms. The van der Waals surface area contributed by atoms with E-state index in [0.717, 1.165) is 24.3 Å². The first-order valence-electron chi connectivity index (χ1n) is 10.3. The lowest BCUT2D eigenvalue weighted by molar-refractivity contribution is -0.275. The average molecular weight is 529 g/mol. The number of amides is 1. The smallest absolute Gasteiger partial charge is 0.406 e. The molecule has 3 aromatic carbocycles.